The van der Waals surface area contributed by atoms with E-state index in [1.165, 1.54) is 5.56 Å². The zero-order valence-corrected chi connectivity index (χ0v) is 22.0. The van der Waals surface area contributed by atoms with Gasteiger partial charge in [0.1, 0.15) is 17.0 Å². The Hall–Kier alpha value is -3.13. The molecule has 0 bridgehead atoms. The first-order chi connectivity index (χ1) is 17.7. The van der Waals surface area contributed by atoms with Crippen LogP contribution in [0.2, 0.25) is 0 Å². The van der Waals surface area contributed by atoms with Crippen molar-refractivity contribution in [2.24, 2.45) is 5.73 Å². The number of allylic oxidation sites excluding steroid dienone is 1. The zero-order valence-electron chi connectivity index (χ0n) is 20.4. The molecule has 0 aliphatic rings. The van der Waals surface area contributed by atoms with Crippen molar-refractivity contribution in [1.29, 1.82) is 0 Å². The molecule has 0 saturated heterocycles. The molecule has 5 nitrogen and oxygen atoms in total. The number of benzene rings is 3. The highest BCUT2D eigenvalue weighted by atomic mass is 32.2. The van der Waals surface area contributed by atoms with Gasteiger partial charge in [-0.25, -0.2) is 9.71 Å². The normalized spacial score (nSPS) is 12.5. The maximum atomic E-state index is 10.5. The fourth-order valence-corrected chi connectivity index (χ4v) is 5.66. The van der Waals surface area contributed by atoms with Gasteiger partial charge in [-0.15, -0.1) is 11.3 Å². The van der Waals surface area contributed by atoms with E-state index >= 15 is 0 Å². The standard InChI is InChI=1S/C29H31N3O2S2/c1-2-9-25(30)22-11-8-10-21(18-22)19-27(32-36-24-12-4-3-5-13-24)29-31-26-15-14-23(20-28(26)35-29)34-17-7-6-16-33/h3-5,8-16,18,20,27,32H,2,6-7,17,19,30H2,1H3/b25-9-. The maximum Gasteiger partial charge on any atom is 0.120 e. The molecule has 1 atom stereocenters. The molecule has 0 radical (unpaired) electrons. The first kappa shape index (κ1) is 25.9. The first-order valence-corrected chi connectivity index (χ1v) is 13.8. The van der Waals surface area contributed by atoms with E-state index in [1.54, 1.807) is 23.3 Å². The molecule has 0 aliphatic carbocycles. The van der Waals surface area contributed by atoms with E-state index in [-0.39, 0.29) is 6.04 Å². The van der Waals surface area contributed by atoms with E-state index < -0.39 is 0 Å². The number of carbonyl (C=O) groups excluding carboxylic acids is 1. The van der Waals surface area contributed by atoms with Gasteiger partial charge >= 0.3 is 0 Å². The smallest absolute Gasteiger partial charge is 0.120 e. The lowest BCUT2D eigenvalue weighted by molar-refractivity contribution is -0.108. The zero-order chi connectivity index (χ0) is 25.2. The van der Waals surface area contributed by atoms with E-state index in [4.69, 9.17) is 15.5 Å². The van der Waals surface area contributed by atoms with Gasteiger partial charge in [-0.3, -0.25) is 0 Å². The highest BCUT2D eigenvalue weighted by Gasteiger charge is 2.18. The number of thiazole rings is 1. The fourth-order valence-electron chi connectivity index (χ4n) is 3.78. The van der Waals surface area contributed by atoms with Crippen molar-refractivity contribution in [3.63, 3.8) is 0 Å². The Balaban J connectivity index is 1.57. The third-order valence-corrected chi connectivity index (χ3v) is 7.64. The molecule has 36 heavy (non-hydrogen) atoms. The summed E-state index contributed by atoms with van der Waals surface area (Å²) in [5.41, 5.74) is 10.3. The van der Waals surface area contributed by atoms with E-state index in [0.717, 1.165) is 62.7 Å². The summed E-state index contributed by atoms with van der Waals surface area (Å²) < 4.78 is 10.6. The number of nitrogens with one attached hydrogen (secondary N) is 1. The summed E-state index contributed by atoms with van der Waals surface area (Å²) in [6, 6.07) is 24.7. The van der Waals surface area contributed by atoms with E-state index in [1.807, 2.05) is 42.5 Å². The van der Waals surface area contributed by atoms with Crippen molar-refractivity contribution in [2.45, 2.75) is 43.5 Å². The fraction of sp³-hybridized carbons (Fsp3) is 0.241. The number of rotatable bonds is 13. The maximum absolute atomic E-state index is 10.5. The van der Waals surface area contributed by atoms with Crippen LogP contribution in [0.5, 0.6) is 5.75 Å². The van der Waals surface area contributed by atoms with Gasteiger partial charge in [-0.2, -0.15) is 0 Å². The van der Waals surface area contributed by atoms with Crippen molar-refractivity contribution in [2.75, 3.05) is 6.61 Å². The molecule has 7 heteroatoms. The lowest BCUT2D eigenvalue weighted by atomic mass is 10.0. The average molecular weight is 518 g/mol. The molecule has 0 aliphatic heterocycles. The minimum Gasteiger partial charge on any atom is -0.494 e. The number of nitrogens with two attached hydrogens (primary N) is 1. The summed E-state index contributed by atoms with van der Waals surface area (Å²) in [7, 11) is 0. The number of aldehydes is 1. The molecule has 0 saturated carbocycles. The van der Waals surface area contributed by atoms with Gasteiger partial charge in [-0.05, 0) is 78.7 Å². The predicted molar refractivity (Wildman–Crippen MR) is 151 cm³/mol. The van der Waals surface area contributed by atoms with Crippen LogP contribution in [-0.4, -0.2) is 17.9 Å². The van der Waals surface area contributed by atoms with Crippen LogP contribution >= 0.6 is 23.3 Å². The highest BCUT2D eigenvalue weighted by Crippen LogP contribution is 2.33. The first-order valence-electron chi connectivity index (χ1n) is 12.2. The molecule has 3 aromatic carbocycles. The number of carbonyl (C=O) groups is 1. The van der Waals surface area contributed by atoms with Gasteiger partial charge in [-0.1, -0.05) is 49.4 Å². The van der Waals surface area contributed by atoms with Crippen LogP contribution in [0, 0.1) is 0 Å². The number of ether oxygens (including phenoxy) is 1. The summed E-state index contributed by atoms with van der Waals surface area (Å²) in [6.07, 6.45) is 5.89. The Morgan fingerprint density at radius 1 is 1.14 bits per heavy atom. The Morgan fingerprint density at radius 2 is 2.00 bits per heavy atom. The molecule has 186 valence electrons. The van der Waals surface area contributed by atoms with Gasteiger partial charge in [0.2, 0.25) is 0 Å². The lowest BCUT2D eigenvalue weighted by Crippen LogP contribution is -2.17. The van der Waals surface area contributed by atoms with Crippen molar-refractivity contribution in [3.8, 4) is 5.75 Å². The summed E-state index contributed by atoms with van der Waals surface area (Å²) in [4.78, 5) is 16.7. The SMILES string of the molecule is CC/C=C(\N)c1cccc(CC(NSc2ccccc2)c2nc3ccc(OCCCC=O)cc3s2)c1. The second kappa shape index (κ2) is 13.3. The number of aromatic nitrogens is 1. The second-order valence-corrected chi connectivity index (χ2v) is 10.4. The number of hydrogen-bond donors (Lipinski definition) is 2. The van der Waals surface area contributed by atoms with Gasteiger partial charge in [0.25, 0.3) is 0 Å². The van der Waals surface area contributed by atoms with Crippen molar-refractivity contribution >= 4 is 45.5 Å². The molecular weight excluding hydrogens is 486 g/mol. The Bertz CT molecular complexity index is 1300. The average Bonchev–Trinajstić information content (AvgIpc) is 3.33. The monoisotopic (exact) mass is 517 g/mol. The Labute approximate surface area is 220 Å². The lowest BCUT2D eigenvalue weighted by Gasteiger charge is -2.17. The topological polar surface area (TPSA) is 77.2 Å². The third-order valence-electron chi connectivity index (χ3n) is 5.60. The quantitative estimate of drug-likeness (QED) is 0.114. The van der Waals surface area contributed by atoms with Gasteiger partial charge in [0.05, 0.1) is 22.9 Å². The molecule has 4 aromatic rings. The van der Waals surface area contributed by atoms with Crippen LogP contribution in [0.1, 0.15) is 48.4 Å². The number of hydrogen-bond acceptors (Lipinski definition) is 7. The van der Waals surface area contributed by atoms with Crippen LogP contribution < -0.4 is 15.2 Å². The van der Waals surface area contributed by atoms with E-state index in [0.29, 0.717) is 13.0 Å². The van der Waals surface area contributed by atoms with Crippen LogP contribution in [0.25, 0.3) is 15.9 Å². The van der Waals surface area contributed by atoms with Crippen molar-refractivity contribution in [1.82, 2.24) is 9.71 Å². The van der Waals surface area contributed by atoms with Crippen LogP contribution in [-0.2, 0) is 11.2 Å². The molecule has 0 amide bonds. The van der Waals surface area contributed by atoms with Crippen LogP contribution in [0.15, 0.2) is 83.8 Å². The minimum absolute atomic E-state index is 0.0104. The number of nitrogens with zero attached hydrogens (tertiary/aromatic N) is 1. The summed E-state index contributed by atoms with van der Waals surface area (Å²) in [6.45, 7) is 2.62. The number of fused-ring (bicyclic) bond motifs is 1. The van der Waals surface area contributed by atoms with Crippen LogP contribution in [0.3, 0.4) is 0 Å². The summed E-state index contributed by atoms with van der Waals surface area (Å²) >= 11 is 3.29. The highest BCUT2D eigenvalue weighted by molar-refractivity contribution is 7.97. The van der Waals surface area contributed by atoms with E-state index in [2.05, 4.69) is 48.0 Å². The summed E-state index contributed by atoms with van der Waals surface area (Å²) in [5, 5.41) is 1.02. The second-order valence-electron chi connectivity index (χ2n) is 8.40. The molecule has 1 heterocycles. The summed E-state index contributed by atoms with van der Waals surface area (Å²) in [5.74, 6) is 0.803. The van der Waals surface area contributed by atoms with Gasteiger partial charge in [0, 0.05) is 17.0 Å². The minimum atomic E-state index is 0.0104. The van der Waals surface area contributed by atoms with Gasteiger partial charge < -0.3 is 15.3 Å². The Kier molecular flexibility index (Phi) is 9.55. The van der Waals surface area contributed by atoms with Crippen LogP contribution in [0.4, 0.5) is 0 Å². The van der Waals surface area contributed by atoms with Crippen molar-refractivity contribution < 1.29 is 9.53 Å². The molecule has 1 unspecified atom stereocenters. The van der Waals surface area contributed by atoms with Crippen molar-refractivity contribution in [3.05, 3.63) is 95.0 Å². The number of unbranched alkanes of at least 4 members (excludes halogenated alkanes) is 1. The molecule has 3 N–H and O–H groups in total. The molecule has 1 aromatic heterocycles. The largest absolute Gasteiger partial charge is 0.494 e. The van der Waals surface area contributed by atoms with Gasteiger partial charge in [0.15, 0.2) is 0 Å². The third kappa shape index (κ3) is 7.20. The predicted octanol–water partition coefficient (Wildman–Crippen LogP) is 6.94. The van der Waals surface area contributed by atoms with E-state index in [9.17, 15) is 4.79 Å². The molecular formula is C29H31N3O2S2. The Morgan fingerprint density at radius 3 is 2.81 bits per heavy atom. The molecule has 4 rings (SSSR count). The molecule has 0 fully saturated rings. The molecule has 0 spiro atoms.